The Morgan fingerprint density at radius 1 is 0.900 bits per heavy atom. The summed E-state index contributed by atoms with van der Waals surface area (Å²) in [5.41, 5.74) is 0.455. The quantitative estimate of drug-likeness (QED) is 0.776. The summed E-state index contributed by atoms with van der Waals surface area (Å²) in [5, 5.41) is 9.76. The number of aliphatic hydroxyl groups excluding tert-OH is 1. The molecule has 1 saturated heterocycles. The Kier molecular flexibility index (Phi) is 3.92. The Morgan fingerprint density at radius 2 is 1.55 bits per heavy atom. The lowest BCUT2D eigenvalue weighted by molar-refractivity contribution is -0.226. The first-order valence-corrected chi connectivity index (χ1v) is 8.77. The van der Waals surface area contributed by atoms with Gasteiger partial charge in [0.25, 0.3) is 0 Å². The number of fused-ring (bicyclic) bond motifs is 1. The normalized spacial score (nSPS) is 48.6. The van der Waals surface area contributed by atoms with Gasteiger partial charge in [0.1, 0.15) is 0 Å². The van der Waals surface area contributed by atoms with Gasteiger partial charge >= 0.3 is 0 Å². The highest BCUT2D eigenvalue weighted by Gasteiger charge is 2.52. The van der Waals surface area contributed by atoms with Crippen LogP contribution in [0.2, 0.25) is 0 Å². The molecule has 20 heavy (non-hydrogen) atoms. The van der Waals surface area contributed by atoms with E-state index in [9.17, 15) is 5.11 Å². The molecule has 2 nitrogen and oxygen atoms in total. The van der Waals surface area contributed by atoms with Crippen LogP contribution in [0.15, 0.2) is 0 Å². The van der Waals surface area contributed by atoms with Crippen molar-refractivity contribution >= 4 is 0 Å². The third-order valence-corrected chi connectivity index (χ3v) is 6.49. The summed E-state index contributed by atoms with van der Waals surface area (Å²) in [5.74, 6) is 1.41. The molecule has 0 spiro atoms. The molecule has 3 atom stereocenters. The van der Waals surface area contributed by atoms with Crippen LogP contribution in [0.5, 0.6) is 0 Å². The number of ether oxygens (including phenoxy) is 1. The maximum Gasteiger partial charge on any atom is 0.0691 e. The summed E-state index contributed by atoms with van der Waals surface area (Å²) in [4.78, 5) is 0. The summed E-state index contributed by atoms with van der Waals surface area (Å²) >= 11 is 0. The molecule has 0 radical (unpaired) electrons. The van der Waals surface area contributed by atoms with Crippen LogP contribution >= 0.6 is 0 Å². The molecule has 116 valence electrons. The van der Waals surface area contributed by atoms with Crippen molar-refractivity contribution in [2.24, 2.45) is 17.3 Å². The topological polar surface area (TPSA) is 29.5 Å². The third kappa shape index (κ3) is 2.66. The summed E-state index contributed by atoms with van der Waals surface area (Å²) in [6.45, 7) is 7.30. The summed E-state index contributed by atoms with van der Waals surface area (Å²) in [6.07, 6.45) is 11.2. The zero-order valence-electron chi connectivity index (χ0n) is 13.5. The van der Waals surface area contributed by atoms with Crippen LogP contribution < -0.4 is 0 Å². The first-order chi connectivity index (χ1) is 9.41. The molecule has 0 aromatic rings. The van der Waals surface area contributed by atoms with Crippen LogP contribution in [0.25, 0.3) is 0 Å². The fraction of sp³-hybridized carbons (Fsp3) is 1.00. The molecule has 3 unspecified atom stereocenters. The molecule has 3 fully saturated rings. The van der Waals surface area contributed by atoms with Gasteiger partial charge in [0.2, 0.25) is 0 Å². The Hall–Kier alpha value is -0.0800. The number of hydrogen-bond acceptors (Lipinski definition) is 2. The van der Waals surface area contributed by atoms with Gasteiger partial charge in [0.05, 0.1) is 17.8 Å². The summed E-state index contributed by atoms with van der Waals surface area (Å²) in [7, 11) is 0. The van der Waals surface area contributed by atoms with Gasteiger partial charge in [-0.25, -0.2) is 0 Å². The minimum absolute atomic E-state index is 0.0438. The van der Waals surface area contributed by atoms with E-state index in [4.69, 9.17) is 4.74 Å². The number of aliphatic hydroxyl groups is 1. The van der Waals surface area contributed by atoms with Gasteiger partial charge in [-0.05, 0) is 69.1 Å². The van der Waals surface area contributed by atoms with E-state index >= 15 is 0 Å². The van der Waals surface area contributed by atoms with Crippen LogP contribution in [0.1, 0.15) is 78.6 Å². The van der Waals surface area contributed by atoms with Gasteiger partial charge in [-0.2, -0.15) is 0 Å². The molecule has 2 saturated carbocycles. The largest absolute Gasteiger partial charge is 0.393 e. The Bertz CT molecular complexity index is 343. The zero-order valence-corrected chi connectivity index (χ0v) is 13.5. The van der Waals surface area contributed by atoms with E-state index in [1.807, 2.05) is 0 Å². The average Bonchev–Trinajstić information content (AvgIpc) is 2.38. The van der Waals surface area contributed by atoms with Gasteiger partial charge in [-0.1, -0.05) is 26.7 Å². The number of hydrogen-bond donors (Lipinski definition) is 1. The fourth-order valence-corrected chi connectivity index (χ4v) is 5.48. The first kappa shape index (κ1) is 14.8. The molecule has 1 aliphatic heterocycles. The lowest BCUT2D eigenvalue weighted by Gasteiger charge is -2.56. The van der Waals surface area contributed by atoms with Crippen LogP contribution in [0.3, 0.4) is 0 Å². The second kappa shape index (κ2) is 5.28. The van der Waals surface area contributed by atoms with Gasteiger partial charge < -0.3 is 9.84 Å². The van der Waals surface area contributed by atoms with Gasteiger partial charge in [-0.3, -0.25) is 0 Å². The van der Waals surface area contributed by atoms with Crippen molar-refractivity contribution in [2.75, 3.05) is 0 Å². The Morgan fingerprint density at radius 3 is 2.25 bits per heavy atom. The van der Waals surface area contributed by atoms with Crippen molar-refractivity contribution in [3.63, 3.8) is 0 Å². The van der Waals surface area contributed by atoms with Crippen molar-refractivity contribution in [1.82, 2.24) is 0 Å². The predicted octanol–water partition coefficient (Wildman–Crippen LogP) is 4.30. The van der Waals surface area contributed by atoms with Crippen molar-refractivity contribution in [1.29, 1.82) is 0 Å². The molecule has 0 aromatic heterocycles. The van der Waals surface area contributed by atoms with E-state index in [0.717, 1.165) is 31.6 Å². The zero-order chi connectivity index (χ0) is 14.4. The highest BCUT2D eigenvalue weighted by molar-refractivity contribution is 5.01. The standard InChI is InChI=1S/C18H32O2/c1-17(2)12-18(3,13-8-10-14(19)11-9-13)20-16-7-5-4-6-15(16)17/h13-16,19H,4-12H2,1-3H3. The maximum absolute atomic E-state index is 9.76. The molecule has 3 aliphatic rings. The van der Waals surface area contributed by atoms with E-state index in [0.29, 0.717) is 17.4 Å². The minimum Gasteiger partial charge on any atom is -0.393 e. The maximum atomic E-state index is 9.76. The monoisotopic (exact) mass is 280 g/mol. The van der Waals surface area contributed by atoms with Gasteiger partial charge in [-0.15, -0.1) is 0 Å². The van der Waals surface area contributed by atoms with Crippen molar-refractivity contribution < 1.29 is 9.84 Å². The smallest absolute Gasteiger partial charge is 0.0691 e. The molecule has 0 amide bonds. The first-order valence-electron chi connectivity index (χ1n) is 8.77. The fourth-order valence-electron chi connectivity index (χ4n) is 5.48. The minimum atomic E-state index is -0.0612. The van der Waals surface area contributed by atoms with Crippen molar-refractivity contribution in [3.8, 4) is 0 Å². The lowest BCUT2D eigenvalue weighted by Crippen LogP contribution is -2.56. The lowest BCUT2D eigenvalue weighted by atomic mass is 9.59. The van der Waals surface area contributed by atoms with E-state index in [-0.39, 0.29) is 11.7 Å². The Labute approximate surface area is 124 Å². The SMILES string of the molecule is CC1(C)CC(C)(C2CCC(O)CC2)OC2CCCCC21. The molecule has 1 N–H and O–H groups in total. The van der Waals surface area contributed by atoms with Gasteiger partial charge in [0.15, 0.2) is 0 Å². The average molecular weight is 280 g/mol. The molecule has 2 aliphatic carbocycles. The molecule has 0 bridgehead atoms. The molecular weight excluding hydrogens is 248 g/mol. The number of rotatable bonds is 1. The Balaban J connectivity index is 1.76. The molecule has 1 heterocycles. The highest BCUT2D eigenvalue weighted by atomic mass is 16.5. The van der Waals surface area contributed by atoms with Crippen molar-refractivity contribution in [3.05, 3.63) is 0 Å². The molecular formula is C18H32O2. The van der Waals surface area contributed by atoms with Crippen LogP contribution in [-0.4, -0.2) is 22.9 Å². The van der Waals surface area contributed by atoms with Crippen LogP contribution in [0.4, 0.5) is 0 Å². The molecule has 2 heteroatoms. The molecule has 0 aromatic carbocycles. The summed E-state index contributed by atoms with van der Waals surface area (Å²) in [6, 6.07) is 0. The highest BCUT2D eigenvalue weighted by Crippen LogP contribution is 2.54. The third-order valence-electron chi connectivity index (χ3n) is 6.49. The van der Waals surface area contributed by atoms with Crippen LogP contribution in [-0.2, 0) is 4.74 Å². The van der Waals surface area contributed by atoms with E-state index in [1.165, 1.54) is 32.1 Å². The second-order valence-electron chi connectivity index (χ2n) is 8.53. The predicted molar refractivity (Wildman–Crippen MR) is 81.6 cm³/mol. The van der Waals surface area contributed by atoms with E-state index < -0.39 is 0 Å². The van der Waals surface area contributed by atoms with E-state index in [1.54, 1.807) is 0 Å². The second-order valence-corrected chi connectivity index (χ2v) is 8.53. The van der Waals surface area contributed by atoms with E-state index in [2.05, 4.69) is 20.8 Å². The summed E-state index contributed by atoms with van der Waals surface area (Å²) < 4.78 is 6.71. The van der Waals surface area contributed by atoms with Crippen molar-refractivity contribution in [2.45, 2.75) is 96.4 Å². The molecule has 3 rings (SSSR count). The van der Waals surface area contributed by atoms with Gasteiger partial charge in [0, 0.05) is 0 Å². The van der Waals surface area contributed by atoms with Crippen LogP contribution in [0, 0.1) is 17.3 Å².